The molecule has 0 unspecified atom stereocenters. The molecule has 26 heavy (non-hydrogen) atoms. The Morgan fingerprint density at radius 2 is 1.96 bits per heavy atom. The van der Waals surface area contributed by atoms with Crippen LogP contribution in [0.4, 0.5) is 13.2 Å². The molecule has 4 nitrogen and oxygen atoms in total. The third-order valence-corrected chi connectivity index (χ3v) is 4.81. The van der Waals surface area contributed by atoms with Crippen molar-refractivity contribution >= 4 is 0 Å². The first-order valence-corrected chi connectivity index (χ1v) is 8.94. The molecule has 0 atom stereocenters. The number of alkyl halides is 3. The summed E-state index contributed by atoms with van der Waals surface area (Å²) in [6.07, 6.45) is 0.899. The first kappa shape index (κ1) is 18.9. The number of nitrogens with zero attached hydrogens (tertiary/aromatic N) is 3. The molecule has 1 fully saturated rings. The maximum Gasteiger partial charge on any atom is 0.418 e. The number of halogens is 3. The smallest absolute Gasteiger partial charge is 0.381 e. The number of ether oxygens (including phenoxy) is 1. The lowest BCUT2D eigenvalue weighted by atomic mass is 10.00. The molecule has 1 aliphatic rings. The molecule has 0 radical (unpaired) electrons. The molecule has 1 saturated heterocycles. The largest absolute Gasteiger partial charge is 0.418 e. The van der Waals surface area contributed by atoms with Crippen LogP contribution in [-0.4, -0.2) is 27.7 Å². The van der Waals surface area contributed by atoms with Crippen LogP contribution in [0.15, 0.2) is 18.5 Å². The van der Waals surface area contributed by atoms with Crippen LogP contribution in [0.1, 0.15) is 49.7 Å². The highest BCUT2D eigenvalue weighted by atomic mass is 19.4. The number of aromatic nitrogens is 3. The van der Waals surface area contributed by atoms with Crippen LogP contribution in [0, 0.1) is 12.8 Å². The molecule has 1 aliphatic heterocycles. The van der Waals surface area contributed by atoms with E-state index in [0.717, 1.165) is 44.5 Å². The fraction of sp³-hybridized carbons (Fsp3) is 0.579. The molecule has 2 aromatic heterocycles. The second kappa shape index (κ2) is 7.39. The molecule has 142 valence electrons. The van der Waals surface area contributed by atoms with Crippen molar-refractivity contribution in [3.8, 4) is 11.3 Å². The summed E-state index contributed by atoms with van der Waals surface area (Å²) in [5.74, 6) is 1.58. The predicted molar refractivity (Wildman–Crippen MR) is 92.8 cm³/mol. The number of hydrogen-bond donors (Lipinski definition) is 0. The normalized spacial score (nSPS) is 16.4. The minimum Gasteiger partial charge on any atom is -0.381 e. The lowest BCUT2D eigenvalue weighted by molar-refractivity contribution is -0.138. The molecule has 0 aliphatic carbocycles. The average molecular weight is 367 g/mol. The zero-order chi connectivity index (χ0) is 18.9. The van der Waals surface area contributed by atoms with Crippen molar-refractivity contribution in [3.05, 3.63) is 35.5 Å². The maximum atomic E-state index is 13.2. The van der Waals surface area contributed by atoms with E-state index in [1.54, 1.807) is 0 Å². The van der Waals surface area contributed by atoms with Gasteiger partial charge in [0.2, 0.25) is 0 Å². The average Bonchev–Trinajstić information content (AvgIpc) is 2.99. The molecule has 7 heteroatoms. The van der Waals surface area contributed by atoms with E-state index in [1.165, 1.54) is 13.1 Å². The van der Waals surface area contributed by atoms with Gasteiger partial charge in [-0.1, -0.05) is 13.8 Å². The fourth-order valence-corrected chi connectivity index (χ4v) is 3.34. The van der Waals surface area contributed by atoms with Crippen LogP contribution in [-0.2, 0) is 17.5 Å². The molecular formula is C19H24F3N3O. The Labute approximate surface area is 151 Å². The number of imidazole rings is 1. The van der Waals surface area contributed by atoms with Gasteiger partial charge in [0.1, 0.15) is 5.82 Å². The zero-order valence-electron chi connectivity index (χ0n) is 15.3. The van der Waals surface area contributed by atoms with E-state index in [-0.39, 0.29) is 11.6 Å². The molecule has 0 amide bonds. The van der Waals surface area contributed by atoms with Crippen LogP contribution in [0.5, 0.6) is 0 Å². The lowest BCUT2D eigenvalue weighted by Crippen LogP contribution is -2.21. The summed E-state index contributed by atoms with van der Waals surface area (Å²) in [4.78, 5) is 8.56. The Bertz CT molecular complexity index is 762. The molecule has 0 spiro atoms. The number of aryl methyl sites for hydroxylation is 1. The highest BCUT2D eigenvalue weighted by Gasteiger charge is 2.33. The SMILES string of the molecule is Cc1ncc(-c2cn(CC3CCOCC3)c(C(C)C)n2)cc1C(F)(F)F. The summed E-state index contributed by atoms with van der Waals surface area (Å²) < 4.78 is 47.1. The van der Waals surface area contributed by atoms with E-state index in [9.17, 15) is 13.2 Å². The Balaban J connectivity index is 1.94. The Kier molecular flexibility index (Phi) is 5.37. The molecule has 0 aromatic carbocycles. The Hall–Kier alpha value is -1.89. The number of pyridine rings is 1. The monoisotopic (exact) mass is 367 g/mol. The van der Waals surface area contributed by atoms with Crippen LogP contribution in [0.3, 0.4) is 0 Å². The molecule has 2 aromatic rings. The van der Waals surface area contributed by atoms with E-state index in [1.807, 2.05) is 20.0 Å². The third-order valence-electron chi connectivity index (χ3n) is 4.81. The molecule has 0 bridgehead atoms. The van der Waals surface area contributed by atoms with Crippen molar-refractivity contribution in [1.82, 2.24) is 14.5 Å². The van der Waals surface area contributed by atoms with Crippen LogP contribution in [0.25, 0.3) is 11.3 Å². The lowest BCUT2D eigenvalue weighted by Gasteiger charge is -2.23. The van der Waals surface area contributed by atoms with Crippen molar-refractivity contribution in [2.24, 2.45) is 5.92 Å². The highest BCUT2D eigenvalue weighted by Crippen LogP contribution is 2.34. The van der Waals surface area contributed by atoms with Gasteiger partial charge in [-0.2, -0.15) is 13.2 Å². The molecule has 0 saturated carbocycles. The summed E-state index contributed by atoms with van der Waals surface area (Å²) in [6, 6.07) is 1.15. The van der Waals surface area contributed by atoms with Crippen molar-refractivity contribution in [1.29, 1.82) is 0 Å². The van der Waals surface area contributed by atoms with Gasteiger partial charge in [-0.25, -0.2) is 4.98 Å². The van der Waals surface area contributed by atoms with Gasteiger partial charge < -0.3 is 9.30 Å². The maximum absolute atomic E-state index is 13.2. The van der Waals surface area contributed by atoms with Crippen LogP contribution in [0.2, 0.25) is 0 Å². The third kappa shape index (κ3) is 4.09. The topological polar surface area (TPSA) is 39.9 Å². The van der Waals surface area contributed by atoms with Gasteiger partial charge in [-0.3, -0.25) is 4.98 Å². The fourth-order valence-electron chi connectivity index (χ4n) is 3.34. The molecule has 0 N–H and O–H groups in total. The predicted octanol–water partition coefficient (Wildman–Crippen LogP) is 4.82. The summed E-state index contributed by atoms with van der Waals surface area (Å²) in [7, 11) is 0. The van der Waals surface area contributed by atoms with Gasteiger partial charge in [0.05, 0.1) is 11.3 Å². The van der Waals surface area contributed by atoms with E-state index in [0.29, 0.717) is 17.2 Å². The Morgan fingerprint density at radius 1 is 1.27 bits per heavy atom. The Morgan fingerprint density at radius 3 is 2.58 bits per heavy atom. The van der Waals surface area contributed by atoms with Gasteiger partial charge in [0.15, 0.2) is 0 Å². The number of rotatable bonds is 4. The van der Waals surface area contributed by atoms with Gasteiger partial charge in [0, 0.05) is 49.3 Å². The second-order valence-corrected chi connectivity index (χ2v) is 7.20. The quantitative estimate of drug-likeness (QED) is 0.778. The van der Waals surface area contributed by atoms with E-state index >= 15 is 0 Å². The minimum absolute atomic E-state index is 0.0213. The van der Waals surface area contributed by atoms with E-state index < -0.39 is 11.7 Å². The molecule has 3 heterocycles. The van der Waals surface area contributed by atoms with Gasteiger partial charge in [-0.15, -0.1) is 0 Å². The molecule has 3 rings (SSSR count). The summed E-state index contributed by atoms with van der Waals surface area (Å²) in [5.41, 5.74) is 0.210. The summed E-state index contributed by atoms with van der Waals surface area (Å²) >= 11 is 0. The molecular weight excluding hydrogens is 343 g/mol. The summed E-state index contributed by atoms with van der Waals surface area (Å²) in [6.45, 7) is 7.80. The van der Waals surface area contributed by atoms with Crippen LogP contribution < -0.4 is 0 Å². The summed E-state index contributed by atoms with van der Waals surface area (Å²) in [5, 5.41) is 0. The first-order chi connectivity index (χ1) is 12.3. The van der Waals surface area contributed by atoms with Crippen molar-refractivity contribution in [2.45, 2.75) is 52.3 Å². The van der Waals surface area contributed by atoms with Gasteiger partial charge >= 0.3 is 6.18 Å². The standard InChI is InChI=1S/C19H24F3N3O/c1-12(2)18-24-17(11-25(18)10-14-4-6-26-7-5-14)15-8-16(19(20,21)22)13(3)23-9-15/h8-9,11-12,14H,4-7,10H2,1-3H3. The van der Waals surface area contributed by atoms with Gasteiger partial charge in [0.25, 0.3) is 0 Å². The van der Waals surface area contributed by atoms with Crippen molar-refractivity contribution in [2.75, 3.05) is 13.2 Å². The second-order valence-electron chi connectivity index (χ2n) is 7.20. The van der Waals surface area contributed by atoms with E-state index in [4.69, 9.17) is 4.74 Å². The first-order valence-electron chi connectivity index (χ1n) is 8.94. The number of hydrogen-bond acceptors (Lipinski definition) is 3. The van der Waals surface area contributed by atoms with Gasteiger partial charge in [-0.05, 0) is 31.7 Å². The zero-order valence-corrected chi connectivity index (χ0v) is 15.3. The minimum atomic E-state index is -4.42. The van der Waals surface area contributed by atoms with Crippen LogP contribution >= 0.6 is 0 Å². The van der Waals surface area contributed by atoms with Crippen molar-refractivity contribution < 1.29 is 17.9 Å². The van der Waals surface area contributed by atoms with E-state index in [2.05, 4.69) is 14.5 Å². The van der Waals surface area contributed by atoms with Crippen molar-refractivity contribution in [3.63, 3.8) is 0 Å². The highest BCUT2D eigenvalue weighted by molar-refractivity contribution is 5.59.